The summed E-state index contributed by atoms with van der Waals surface area (Å²) >= 11 is 0. The molecule has 122 valence electrons. The highest BCUT2D eigenvalue weighted by Gasteiger charge is 2.22. The molecule has 2 atom stereocenters. The van der Waals surface area contributed by atoms with Gasteiger partial charge in [0.05, 0.1) is 17.1 Å². The Balaban J connectivity index is 1.93. The molecule has 2 rings (SSSR count). The van der Waals surface area contributed by atoms with Crippen LogP contribution in [0.1, 0.15) is 19.5 Å². The van der Waals surface area contributed by atoms with E-state index in [1.54, 1.807) is 13.0 Å². The van der Waals surface area contributed by atoms with Crippen molar-refractivity contribution in [1.82, 2.24) is 9.88 Å². The van der Waals surface area contributed by atoms with Crippen molar-refractivity contribution < 1.29 is 9.66 Å². The van der Waals surface area contributed by atoms with Gasteiger partial charge in [0.2, 0.25) is 0 Å². The van der Waals surface area contributed by atoms with Crippen LogP contribution in [0.25, 0.3) is 0 Å². The summed E-state index contributed by atoms with van der Waals surface area (Å²) in [5, 5.41) is 10.8. The topological polar surface area (TPSA) is 71.7 Å². The maximum Gasteiger partial charge on any atom is 0.290 e. The van der Waals surface area contributed by atoms with E-state index in [-0.39, 0.29) is 17.9 Å². The quantitative estimate of drug-likeness (QED) is 0.610. The van der Waals surface area contributed by atoms with E-state index in [1.165, 1.54) is 6.07 Å². The molecule has 1 aromatic heterocycles. The molecule has 0 spiro atoms. The number of likely N-dealkylation sites (N-methyl/N-ethyl adjacent to an activating group) is 1. The van der Waals surface area contributed by atoms with Crippen LogP contribution in [0.5, 0.6) is 0 Å². The molecule has 0 aliphatic carbocycles. The molecule has 7 nitrogen and oxygen atoms in total. The maximum atomic E-state index is 10.8. The number of pyridine rings is 1. The number of nitro groups is 1. The van der Waals surface area contributed by atoms with Crippen LogP contribution in [0, 0.1) is 17.0 Å². The van der Waals surface area contributed by atoms with Crippen molar-refractivity contribution in [3.8, 4) is 0 Å². The van der Waals surface area contributed by atoms with Gasteiger partial charge >= 0.3 is 0 Å². The van der Waals surface area contributed by atoms with Crippen molar-refractivity contribution in [2.24, 2.45) is 0 Å². The lowest BCUT2D eigenvalue weighted by Gasteiger charge is -2.36. The van der Waals surface area contributed by atoms with Gasteiger partial charge in [0.15, 0.2) is 0 Å². The number of morpholine rings is 1. The summed E-state index contributed by atoms with van der Waals surface area (Å²) in [6.45, 7) is 9.47. The standard InChI is InChI=1S/C15H24N4O3/c1-11-9-18(10-12(2)22-11)8-7-17(4)15-6-5-14(19(20)21)13(3)16-15/h5-6,11-12H,7-10H2,1-4H3/t11-,12+. The SMILES string of the molecule is Cc1nc(N(C)CCN2C[C@@H](C)O[C@@H](C)C2)ccc1[N+](=O)[O-]. The molecule has 0 bridgehead atoms. The van der Waals surface area contributed by atoms with E-state index < -0.39 is 4.92 Å². The summed E-state index contributed by atoms with van der Waals surface area (Å²) in [7, 11) is 1.96. The monoisotopic (exact) mass is 308 g/mol. The highest BCUT2D eigenvalue weighted by Crippen LogP contribution is 2.19. The molecule has 22 heavy (non-hydrogen) atoms. The zero-order chi connectivity index (χ0) is 16.3. The van der Waals surface area contributed by atoms with E-state index in [9.17, 15) is 10.1 Å². The molecule has 0 amide bonds. The molecule has 0 radical (unpaired) electrons. The van der Waals surface area contributed by atoms with Gasteiger partial charge in [-0.15, -0.1) is 0 Å². The highest BCUT2D eigenvalue weighted by molar-refractivity contribution is 5.46. The van der Waals surface area contributed by atoms with Gasteiger partial charge in [-0.25, -0.2) is 4.98 Å². The minimum Gasteiger partial charge on any atom is -0.373 e. The fraction of sp³-hybridized carbons (Fsp3) is 0.667. The van der Waals surface area contributed by atoms with Gasteiger partial charge in [-0.2, -0.15) is 0 Å². The van der Waals surface area contributed by atoms with Crippen LogP contribution < -0.4 is 4.90 Å². The normalized spacial score (nSPS) is 22.5. The third-order valence-corrected chi connectivity index (χ3v) is 3.88. The second kappa shape index (κ2) is 7.02. The minimum atomic E-state index is -0.400. The molecule has 0 N–H and O–H groups in total. The summed E-state index contributed by atoms with van der Waals surface area (Å²) < 4.78 is 5.73. The van der Waals surface area contributed by atoms with Gasteiger partial charge in [0.25, 0.3) is 5.69 Å². The first-order valence-corrected chi connectivity index (χ1v) is 7.57. The van der Waals surface area contributed by atoms with E-state index in [0.717, 1.165) is 32.0 Å². The zero-order valence-electron chi connectivity index (χ0n) is 13.7. The third-order valence-electron chi connectivity index (χ3n) is 3.88. The van der Waals surface area contributed by atoms with Gasteiger partial charge in [-0.3, -0.25) is 15.0 Å². The Morgan fingerprint density at radius 3 is 2.59 bits per heavy atom. The predicted molar refractivity (Wildman–Crippen MR) is 85.3 cm³/mol. The number of hydrogen-bond donors (Lipinski definition) is 0. The minimum absolute atomic E-state index is 0.0629. The number of anilines is 1. The molecule has 1 saturated heterocycles. The molecule has 0 unspecified atom stereocenters. The van der Waals surface area contributed by atoms with Gasteiger partial charge in [0, 0.05) is 39.3 Å². The molecule has 7 heteroatoms. The first kappa shape index (κ1) is 16.6. The van der Waals surface area contributed by atoms with Gasteiger partial charge in [-0.05, 0) is 26.8 Å². The molecule has 2 heterocycles. The summed E-state index contributed by atoms with van der Waals surface area (Å²) in [6, 6.07) is 3.22. The van der Waals surface area contributed by atoms with E-state index in [0.29, 0.717) is 5.69 Å². The number of hydrogen-bond acceptors (Lipinski definition) is 6. The van der Waals surface area contributed by atoms with E-state index in [4.69, 9.17) is 4.74 Å². The molecule has 1 fully saturated rings. The van der Waals surface area contributed by atoms with Crippen molar-refractivity contribution in [2.45, 2.75) is 33.0 Å². The lowest BCUT2D eigenvalue weighted by Crippen LogP contribution is -2.47. The third kappa shape index (κ3) is 4.14. The van der Waals surface area contributed by atoms with Crippen molar-refractivity contribution >= 4 is 11.5 Å². The number of rotatable bonds is 5. The predicted octanol–water partition coefficient (Wildman–Crippen LogP) is 1.84. The Hall–Kier alpha value is -1.73. The van der Waals surface area contributed by atoms with E-state index >= 15 is 0 Å². The molecule has 0 aromatic carbocycles. The van der Waals surface area contributed by atoms with Crippen LogP contribution in [-0.2, 0) is 4.74 Å². The Kier molecular flexibility index (Phi) is 5.31. The molecule has 1 aliphatic rings. The van der Waals surface area contributed by atoms with Crippen LogP contribution >= 0.6 is 0 Å². The fourth-order valence-electron chi connectivity index (χ4n) is 2.82. The Morgan fingerprint density at radius 2 is 2.05 bits per heavy atom. The Labute approximate surface area is 131 Å². The van der Waals surface area contributed by atoms with Crippen LogP contribution in [0.15, 0.2) is 12.1 Å². The summed E-state index contributed by atoms with van der Waals surface area (Å²) in [4.78, 5) is 19.2. The van der Waals surface area contributed by atoms with Crippen molar-refractivity contribution in [2.75, 3.05) is 38.1 Å². The van der Waals surface area contributed by atoms with E-state index in [2.05, 4.69) is 23.7 Å². The number of nitrogens with zero attached hydrogens (tertiary/aromatic N) is 4. The lowest BCUT2D eigenvalue weighted by molar-refractivity contribution is -0.385. The second-order valence-corrected chi connectivity index (χ2v) is 5.97. The van der Waals surface area contributed by atoms with Crippen molar-refractivity contribution in [3.05, 3.63) is 27.9 Å². The molecular weight excluding hydrogens is 284 g/mol. The zero-order valence-corrected chi connectivity index (χ0v) is 13.7. The van der Waals surface area contributed by atoms with Gasteiger partial charge in [-0.1, -0.05) is 0 Å². The van der Waals surface area contributed by atoms with Crippen molar-refractivity contribution in [3.63, 3.8) is 0 Å². The summed E-state index contributed by atoms with van der Waals surface area (Å²) in [5.74, 6) is 0.762. The first-order valence-electron chi connectivity index (χ1n) is 7.57. The van der Waals surface area contributed by atoms with Crippen LogP contribution in [0.3, 0.4) is 0 Å². The summed E-state index contributed by atoms with van der Waals surface area (Å²) in [6.07, 6.45) is 0.516. The molecular formula is C15H24N4O3. The van der Waals surface area contributed by atoms with E-state index in [1.807, 2.05) is 11.9 Å². The highest BCUT2D eigenvalue weighted by atomic mass is 16.6. The maximum absolute atomic E-state index is 10.8. The van der Waals surface area contributed by atoms with Crippen molar-refractivity contribution in [1.29, 1.82) is 0 Å². The van der Waals surface area contributed by atoms with Crippen LogP contribution in [0.2, 0.25) is 0 Å². The number of aromatic nitrogens is 1. The second-order valence-electron chi connectivity index (χ2n) is 5.97. The Bertz CT molecular complexity index is 528. The van der Waals surface area contributed by atoms with Gasteiger partial charge < -0.3 is 9.64 Å². The lowest BCUT2D eigenvalue weighted by atomic mass is 10.2. The average molecular weight is 308 g/mol. The smallest absolute Gasteiger partial charge is 0.290 e. The fourth-order valence-corrected chi connectivity index (χ4v) is 2.82. The average Bonchev–Trinajstić information content (AvgIpc) is 2.43. The number of ether oxygens (including phenoxy) is 1. The van der Waals surface area contributed by atoms with Gasteiger partial charge in [0.1, 0.15) is 11.5 Å². The molecule has 0 saturated carbocycles. The Morgan fingerprint density at radius 1 is 1.41 bits per heavy atom. The first-order chi connectivity index (χ1) is 10.4. The molecule has 1 aliphatic heterocycles. The van der Waals surface area contributed by atoms with Crippen LogP contribution in [-0.4, -0.2) is 60.2 Å². The molecule has 1 aromatic rings. The largest absolute Gasteiger partial charge is 0.373 e. The number of aryl methyl sites for hydroxylation is 1. The summed E-state index contributed by atoms with van der Waals surface area (Å²) in [5.41, 5.74) is 0.510. The van der Waals surface area contributed by atoms with Crippen LogP contribution in [0.4, 0.5) is 11.5 Å².